The number of allylic oxidation sites excluding steroid dienone is 3. The molecule has 1 aromatic carbocycles. The van der Waals surface area contributed by atoms with Crippen LogP contribution in [0.5, 0.6) is 0 Å². The van der Waals surface area contributed by atoms with Crippen molar-refractivity contribution >= 4 is 5.78 Å². The minimum atomic E-state index is -0.357. The second-order valence-electron chi connectivity index (χ2n) is 5.99. The van der Waals surface area contributed by atoms with Crippen LogP contribution < -0.4 is 0 Å². The van der Waals surface area contributed by atoms with Crippen LogP contribution in [-0.2, 0) is 16.0 Å². The highest BCUT2D eigenvalue weighted by Gasteiger charge is 2.14. The van der Waals surface area contributed by atoms with Crippen molar-refractivity contribution in [3.63, 3.8) is 0 Å². The molecule has 0 amide bonds. The number of benzene rings is 1. The van der Waals surface area contributed by atoms with Crippen molar-refractivity contribution in [3.8, 4) is 0 Å². The minimum Gasteiger partial charge on any atom is -0.366 e. The van der Waals surface area contributed by atoms with Crippen LogP contribution in [0.4, 0.5) is 0 Å². The van der Waals surface area contributed by atoms with Gasteiger partial charge in [0.05, 0.1) is 6.61 Å². The fraction of sp³-hybridized carbons (Fsp3) is 0.450. The molecule has 0 aliphatic rings. The molecule has 0 heterocycles. The maximum Gasteiger partial charge on any atom is 0.158 e. The standard InChI is InChI=1S/C20H28O2/c1-16(2)9-8-10-17(3)13-14-22-20(18(4)21)15-19-11-6-5-7-12-19/h5-7,9,11-13,20H,8,10,14-15H2,1-4H3/b17-13+. The predicted octanol–water partition coefficient (Wildman–Crippen LogP) is 4.90. The van der Waals surface area contributed by atoms with Crippen LogP contribution >= 0.6 is 0 Å². The third-order valence-electron chi connectivity index (χ3n) is 3.54. The van der Waals surface area contributed by atoms with Crippen LogP contribution in [0.1, 0.15) is 46.1 Å². The van der Waals surface area contributed by atoms with E-state index in [9.17, 15) is 4.79 Å². The first kappa shape index (κ1) is 18.4. The molecule has 1 atom stereocenters. The molecule has 22 heavy (non-hydrogen) atoms. The van der Waals surface area contributed by atoms with Crippen molar-refractivity contribution in [3.05, 3.63) is 59.2 Å². The molecule has 0 saturated heterocycles. The normalized spacial score (nSPS) is 12.8. The van der Waals surface area contributed by atoms with Gasteiger partial charge in [-0.1, -0.05) is 53.6 Å². The second-order valence-corrected chi connectivity index (χ2v) is 5.99. The van der Waals surface area contributed by atoms with Crippen LogP contribution in [0.25, 0.3) is 0 Å². The molecule has 0 saturated carbocycles. The molecule has 1 aromatic rings. The Morgan fingerprint density at radius 3 is 2.36 bits per heavy atom. The molecule has 0 aliphatic heterocycles. The molecule has 0 N–H and O–H groups in total. The molecule has 2 nitrogen and oxygen atoms in total. The third kappa shape index (κ3) is 7.94. The smallest absolute Gasteiger partial charge is 0.158 e. The first-order valence-corrected chi connectivity index (χ1v) is 7.94. The van der Waals surface area contributed by atoms with Crippen molar-refractivity contribution in [1.29, 1.82) is 0 Å². The van der Waals surface area contributed by atoms with E-state index in [0.717, 1.165) is 18.4 Å². The summed E-state index contributed by atoms with van der Waals surface area (Å²) < 4.78 is 5.76. The van der Waals surface area contributed by atoms with Crippen LogP contribution in [0.3, 0.4) is 0 Å². The lowest BCUT2D eigenvalue weighted by molar-refractivity contribution is -0.127. The molecule has 0 fully saturated rings. The number of ketones is 1. The zero-order chi connectivity index (χ0) is 16.4. The number of carbonyl (C=O) groups excluding carboxylic acids is 1. The van der Waals surface area contributed by atoms with E-state index in [0.29, 0.717) is 13.0 Å². The fourth-order valence-electron chi connectivity index (χ4n) is 2.15. The van der Waals surface area contributed by atoms with Gasteiger partial charge >= 0.3 is 0 Å². The molecule has 0 aliphatic carbocycles. The predicted molar refractivity (Wildman–Crippen MR) is 93.0 cm³/mol. The van der Waals surface area contributed by atoms with E-state index in [2.05, 4.69) is 32.9 Å². The topological polar surface area (TPSA) is 26.3 Å². The van der Waals surface area contributed by atoms with Gasteiger partial charge in [0.25, 0.3) is 0 Å². The molecule has 0 aromatic heterocycles. The molecular weight excluding hydrogens is 272 g/mol. The van der Waals surface area contributed by atoms with Crippen LogP contribution in [0, 0.1) is 0 Å². The zero-order valence-electron chi connectivity index (χ0n) is 14.3. The van der Waals surface area contributed by atoms with Gasteiger partial charge in [-0.15, -0.1) is 0 Å². The molecule has 0 spiro atoms. The number of hydrogen-bond acceptors (Lipinski definition) is 2. The molecule has 0 bridgehead atoms. The van der Waals surface area contributed by atoms with E-state index in [-0.39, 0.29) is 11.9 Å². The van der Waals surface area contributed by atoms with Gasteiger partial charge in [0, 0.05) is 6.42 Å². The Hall–Kier alpha value is -1.67. The van der Waals surface area contributed by atoms with E-state index in [1.54, 1.807) is 6.92 Å². The summed E-state index contributed by atoms with van der Waals surface area (Å²) in [6, 6.07) is 10.0. The van der Waals surface area contributed by atoms with Gasteiger partial charge in [0.2, 0.25) is 0 Å². The monoisotopic (exact) mass is 300 g/mol. The zero-order valence-corrected chi connectivity index (χ0v) is 14.3. The van der Waals surface area contributed by atoms with Crippen molar-refractivity contribution in [1.82, 2.24) is 0 Å². The number of rotatable bonds is 9. The van der Waals surface area contributed by atoms with Gasteiger partial charge in [-0.05, 0) is 46.1 Å². The maximum atomic E-state index is 11.7. The summed E-state index contributed by atoms with van der Waals surface area (Å²) >= 11 is 0. The highest BCUT2D eigenvalue weighted by molar-refractivity contribution is 5.80. The fourth-order valence-corrected chi connectivity index (χ4v) is 2.15. The molecule has 120 valence electrons. The van der Waals surface area contributed by atoms with E-state index >= 15 is 0 Å². The Balaban J connectivity index is 2.44. The highest BCUT2D eigenvalue weighted by Crippen LogP contribution is 2.09. The number of carbonyl (C=O) groups is 1. The average molecular weight is 300 g/mol. The van der Waals surface area contributed by atoms with Gasteiger partial charge in [0.15, 0.2) is 5.78 Å². The highest BCUT2D eigenvalue weighted by atomic mass is 16.5. The molecular formula is C20H28O2. The summed E-state index contributed by atoms with van der Waals surface area (Å²) in [5.74, 6) is 0.0828. The van der Waals surface area contributed by atoms with Crippen molar-refractivity contribution < 1.29 is 9.53 Å². The Kier molecular flexibility index (Phi) is 8.46. The number of hydrogen-bond donors (Lipinski definition) is 0. The van der Waals surface area contributed by atoms with Crippen molar-refractivity contribution in [2.24, 2.45) is 0 Å². The van der Waals surface area contributed by atoms with Crippen LogP contribution in [0.15, 0.2) is 53.6 Å². The van der Waals surface area contributed by atoms with Crippen molar-refractivity contribution in [2.75, 3.05) is 6.61 Å². The van der Waals surface area contributed by atoms with E-state index in [1.807, 2.05) is 30.3 Å². The van der Waals surface area contributed by atoms with Crippen molar-refractivity contribution in [2.45, 2.75) is 53.1 Å². The Labute approximate surface area is 134 Å². The van der Waals surface area contributed by atoms with E-state index < -0.39 is 0 Å². The third-order valence-corrected chi connectivity index (χ3v) is 3.54. The lowest BCUT2D eigenvalue weighted by atomic mass is 10.1. The minimum absolute atomic E-state index is 0.0828. The maximum absolute atomic E-state index is 11.7. The van der Waals surface area contributed by atoms with Gasteiger partial charge in [-0.2, -0.15) is 0 Å². The summed E-state index contributed by atoms with van der Waals surface area (Å²) in [5.41, 5.74) is 3.79. The number of Topliss-reactive ketones (excluding diaryl/α,β-unsaturated/α-hetero) is 1. The second kappa shape index (κ2) is 10.1. The van der Waals surface area contributed by atoms with Gasteiger partial charge in [0.1, 0.15) is 6.10 Å². The lowest BCUT2D eigenvalue weighted by Gasteiger charge is -2.14. The van der Waals surface area contributed by atoms with E-state index in [1.165, 1.54) is 11.1 Å². The Bertz CT molecular complexity index is 508. The van der Waals surface area contributed by atoms with E-state index in [4.69, 9.17) is 4.74 Å². The van der Waals surface area contributed by atoms with Gasteiger partial charge < -0.3 is 4.74 Å². The molecule has 1 unspecified atom stereocenters. The number of ether oxygens (including phenoxy) is 1. The largest absolute Gasteiger partial charge is 0.366 e. The molecule has 1 rings (SSSR count). The van der Waals surface area contributed by atoms with Gasteiger partial charge in [-0.25, -0.2) is 0 Å². The summed E-state index contributed by atoms with van der Waals surface area (Å²) in [7, 11) is 0. The van der Waals surface area contributed by atoms with Crippen LogP contribution in [-0.4, -0.2) is 18.5 Å². The average Bonchev–Trinajstić information content (AvgIpc) is 2.46. The summed E-state index contributed by atoms with van der Waals surface area (Å²) in [6.45, 7) is 8.44. The summed E-state index contributed by atoms with van der Waals surface area (Å²) in [5, 5.41) is 0. The molecule has 0 radical (unpaired) electrons. The first-order valence-electron chi connectivity index (χ1n) is 7.94. The summed E-state index contributed by atoms with van der Waals surface area (Å²) in [4.78, 5) is 11.7. The SMILES string of the molecule is CC(=O)C(Cc1ccccc1)OC/C=C(\C)CCC=C(C)C. The lowest BCUT2D eigenvalue weighted by Crippen LogP contribution is -2.24. The quantitative estimate of drug-likeness (QED) is 0.607. The van der Waals surface area contributed by atoms with Gasteiger partial charge in [-0.3, -0.25) is 4.79 Å². The Morgan fingerprint density at radius 1 is 1.09 bits per heavy atom. The first-order chi connectivity index (χ1) is 10.5. The summed E-state index contributed by atoms with van der Waals surface area (Å²) in [6.07, 6.45) is 6.71. The Morgan fingerprint density at radius 2 is 1.77 bits per heavy atom. The molecule has 2 heteroatoms. The van der Waals surface area contributed by atoms with Crippen LogP contribution in [0.2, 0.25) is 0 Å².